The number of rotatable bonds is 9. The molecule has 4 aliphatic rings. The summed E-state index contributed by atoms with van der Waals surface area (Å²) in [6.07, 6.45) is 9.29. The molecule has 1 unspecified atom stereocenters. The minimum atomic E-state index is 0.0306. The minimum absolute atomic E-state index is 0.0306. The molecule has 0 radical (unpaired) electrons. The summed E-state index contributed by atoms with van der Waals surface area (Å²) in [6.45, 7) is 4.94. The van der Waals surface area contributed by atoms with E-state index < -0.39 is 0 Å². The van der Waals surface area contributed by atoms with E-state index in [0.29, 0.717) is 24.4 Å². The molecule has 5 nitrogen and oxygen atoms in total. The van der Waals surface area contributed by atoms with Crippen LogP contribution in [0.3, 0.4) is 0 Å². The quantitative estimate of drug-likeness (QED) is 0.485. The third-order valence-electron chi connectivity index (χ3n) is 8.15. The summed E-state index contributed by atoms with van der Waals surface area (Å²) in [4.78, 5) is 24.7. The normalized spacial score (nSPS) is 26.5. The van der Waals surface area contributed by atoms with E-state index in [1.54, 1.807) is 4.90 Å². The number of hydrogen-bond acceptors (Lipinski definition) is 3. The van der Waals surface area contributed by atoms with Gasteiger partial charge in [0.1, 0.15) is 0 Å². The summed E-state index contributed by atoms with van der Waals surface area (Å²) in [5.74, 6) is 3.29. The Balaban J connectivity index is 0.000000174. The third-order valence-corrected chi connectivity index (χ3v) is 8.15. The molecule has 4 aliphatic carbocycles. The minimum Gasteiger partial charge on any atom is -0.351 e. The van der Waals surface area contributed by atoms with Gasteiger partial charge in [-0.15, -0.1) is 0 Å². The molecule has 0 saturated heterocycles. The predicted molar refractivity (Wildman–Crippen MR) is 146 cm³/mol. The van der Waals surface area contributed by atoms with Crippen molar-refractivity contribution in [1.82, 2.24) is 10.2 Å². The van der Waals surface area contributed by atoms with E-state index in [1.165, 1.54) is 48.8 Å². The predicted octanol–water partition coefficient (Wildman–Crippen LogP) is 5.04. The van der Waals surface area contributed by atoms with Gasteiger partial charge in [-0.3, -0.25) is 9.59 Å². The second kappa shape index (κ2) is 12.5. The van der Waals surface area contributed by atoms with Gasteiger partial charge in [0.15, 0.2) is 0 Å². The average Bonchev–Trinajstić information content (AvgIpc) is 2.86. The molecule has 0 heterocycles. The summed E-state index contributed by atoms with van der Waals surface area (Å²) in [5.41, 5.74) is 9.64. The molecule has 194 valence electrons. The second-order valence-electron chi connectivity index (χ2n) is 11.3. The van der Waals surface area contributed by atoms with Crippen LogP contribution in [0.5, 0.6) is 0 Å². The van der Waals surface area contributed by atoms with Crippen molar-refractivity contribution in [3.8, 4) is 11.1 Å². The van der Waals surface area contributed by atoms with E-state index >= 15 is 0 Å². The monoisotopic (exact) mass is 489 g/mol. The van der Waals surface area contributed by atoms with Gasteiger partial charge in [-0.1, -0.05) is 61.5 Å². The lowest BCUT2D eigenvalue weighted by atomic mass is 9.54. The highest BCUT2D eigenvalue weighted by Crippen LogP contribution is 2.53. The Hall–Kier alpha value is -2.66. The van der Waals surface area contributed by atoms with Gasteiger partial charge in [-0.25, -0.2) is 0 Å². The number of hydrogen-bond donors (Lipinski definition) is 2. The fraction of sp³-hybridized carbons (Fsp3) is 0.548. The number of nitrogens with one attached hydrogen (secondary N) is 1. The van der Waals surface area contributed by atoms with Gasteiger partial charge in [0.2, 0.25) is 12.3 Å². The molecule has 4 fully saturated rings. The van der Waals surface area contributed by atoms with Crippen molar-refractivity contribution in [1.29, 1.82) is 0 Å². The zero-order valence-corrected chi connectivity index (χ0v) is 21.9. The zero-order valence-electron chi connectivity index (χ0n) is 21.9. The Morgan fingerprint density at radius 1 is 1.00 bits per heavy atom. The molecule has 3 N–H and O–H groups in total. The molecule has 5 heteroatoms. The van der Waals surface area contributed by atoms with Crippen LogP contribution in [-0.4, -0.2) is 42.4 Å². The van der Waals surface area contributed by atoms with Crippen molar-refractivity contribution in [2.24, 2.45) is 29.4 Å². The van der Waals surface area contributed by atoms with Crippen molar-refractivity contribution < 1.29 is 9.59 Å². The molecule has 1 atom stereocenters. The number of amides is 2. The fourth-order valence-electron chi connectivity index (χ4n) is 6.91. The number of carbonyl (C=O) groups is 2. The first-order chi connectivity index (χ1) is 17.4. The van der Waals surface area contributed by atoms with Crippen molar-refractivity contribution in [3.63, 3.8) is 0 Å². The molecule has 0 aliphatic heterocycles. The number of nitrogens with zero attached hydrogens (tertiary/aromatic N) is 1. The van der Waals surface area contributed by atoms with Crippen molar-refractivity contribution in [2.75, 3.05) is 13.1 Å². The topological polar surface area (TPSA) is 75.4 Å². The summed E-state index contributed by atoms with van der Waals surface area (Å²) >= 11 is 0. The highest BCUT2D eigenvalue weighted by Gasteiger charge is 2.48. The van der Waals surface area contributed by atoms with Crippen molar-refractivity contribution >= 4 is 12.3 Å². The lowest BCUT2D eigenvalue weighted by molar-refractivity contribution is -0.130. The van der Waals surface area contributed by atoms with Crippen LogP contribution in [0.1, 0.15) is 57.9 Å². The van der Waals surface area contributed by atoms with Gasteiger partial charge in [-0.05, 0) is 92.2 Å². The van der Waals surface area contributed by atoms with Crippen LogP contribution in [-0.2, 0) is 16.0 Å². The Morgan fingerprint density at radius 2 is 1.64 bits per heavy atom. The zero-order chi connectivity index (χ0) is 25.5. The smallest absolute Gasteiger partial charge is 0.239 e. The van der Waals surface area contributed by atoms with Crippen LogP contribution in [0.4, 0.5) is 0 Å². The third kappa shape index (κ3) is 6.97. The molecule has 2 aromatic carbocycles. The van der Waals surface area contributed by atoms with Crippen LogP contribution >= 0.6 is 0 Å². The van der Waals surface area contributed by atoms with Crippen LogP contribution < -0.4 is 11.1 Å². The van der Waals surface area contributed by atoms with E-state index in [9.17, 15) is 9.59 Å². The van der Waals surface area contributed by atoms with Crippen LogP contribution in [0.15, 0.2) is 54.6 Å². The lowest BCUT2D eigenvalue weighted by Gasteiger charge is -2.54. The summed E-state index contributed by atoms with van der Waals surface area (Å²) < 4.78 is 0. The molecule has 0 spiro atoms. The molecule has 4 saturated carbocycles. The molecule has 4 bridgehead atoms. The molecule has 0 aromatic heterocycles. The Bertz CT molecular complexity index is 962. The Morgan fingerprint density at radius 3 is 2.22 bits per heavy atom. The maximum absolute atomic E-state index is 12.2. The second-order valence-corrected chi connectivity index (χ2v) is 11.3. The molecular weight excluding hydrogens is 446 g/mol. The van der Waals surface area contributed by atoms with Crippen LogP contribution in [0.25, 0.3) is 11.1 Å². The van der Waals surface area contributed by atoms with E-state index in [-0.39, 0.29) is 18.5 Å². The highest BCUT2D eigenvalue weighted by molar-refractivity contribution is 5.80. The van der Waals surface area contributed by atoms with E-state index in [2.05, 4.69) is 53.8 Å². The van der Waals surface area contributed by atoms with Gasteiger partial charge >= 0.3 is 0 Å². The standard InChI is InChI=1S/C16H26N2O2.C15H17N/c1-2-3-18(10-19)9-15(20)17-16-13-5-11-4-12(7-13)8-14(16)6-11;1-12(16)10-13-6-5-9-15(11-13)14-7-3-2-4-8-14/h10-14,16H,2-9H2,1H3,(H,17,20);2-9,11-12H,10,16H2,1H3. The first-order valence-electron chi connectivity index (χ1n) is 13.8. The Kier molecular flexibility index (Phi) is 9.19. The first kappa shape index (κ1) is 26.4. The first-order valence-corrected chi connectivity index (χ1v) is 13.8. The molecule has 6 rings (SSSR count). The number of benzene rings is 2. The van der Waals surface area contributed by atoms with E-state index in [1.807, 2.05) is 19.9 Å². The maximum Gasteiger partial charge on any atom is 0.239 e. The SMILES string of the molecule is CC(N)Cc1cccc(-c2ccccc2)c1.CCCN(C=O)CC(=O)NC1C2CC3CC(C2)CC1C3. The maximum atomic E-state index is 12.2. The van der Waals surface area contributed by atoms with Crippen molar-refractivity contribution in [3.05, 3.63) is 60.2 Å². The molecular formula is C31H43N3O2. The van der Waals surface area contributed by atoms with Crippen LogP contribution in [0, 0.1) is 23.7 Å². The highest BCUT2D eigenvalue weighted by atomic mass is 16.2. The average molecular weight is 490 g/mol. The molecule has 2 aromatic rings. The lowest BCUT2D eigenvalue weighted by Crippen LogP contribution is -2.57. The van der Waals surface area contributed by atoms with Gasteiger partial charge in [0.05, 0.1) is 6.54 Å². The van der Waals surface area contributed by atoms with Gasteiger partial charge < -0.3 is 16.0 Å². The molecule has 2 amide bonds. The number of nitrogens with two attached hydrogens (primary N) is 1. The number of carbonyl (C=O) groups excluding carboxylic acids is 2. The van der Waals surface area contributed by atoms with Gasteiger partial charge in [-0.2, -0.15) is 0 Å². The van der Waals surface area contributed by atoms with Crippen LogP contribution in [0.2, 0.25) is 0 Å². The molecule has 36 heavy (non-hydrogen) atoms. The van der Waals surface area contributed by atoms with E-state index in [0.717, 1.165) is 31.1 Å². The Labute approximate surface area is 216 Å². The summed E-state index contributed by atoms with van der Waals surface area (Å²) in [5, 5.41) is 3.25. The summed E-state index contributed by atoms with van der Waals surface area (Å²) in [7, 11) is 0. The van der Waals surface area contributed by atoms with Crippen molar-refractivity contribution in [2.45, 2.75) is 70.9 Å². The van der Waals surface area contributed by atoms with Gasteiger partial charge in [0, 0.05) is 18.6 Å². The van der Waals surface area contributed by atoms with E-state index in [4.69, 9.17) is 5.73 Å². The van der Waals surface area contributed by atoms with Gasteiger partial charge in [0.25, 0.3) is 0 Å². The largest absolute Gasteiger partial charge is 0.351 e. The summed E-state index contributed by atoms with van der Waals surface area (Å²) in [6, 6.07) is 19.6. The fourth-order valence-corrected chi connectivity index (χ4v) is 6.91.